The third kappa shape index (κ3) is 5.93. The number of β-lactam (4-membered cyclic amide) rings is 1. The summed E-state index contributed by atoms with van der Waals surface area (Å²) in [5.74, 6) is -1.74. The lowest BCUT2D eigenvalue weighted by Gasteiger charge is -2.51. The van der Waals surface area contributed by atoms with Gasteiger partial charge in [0.25, 0.3) is 5.91 Å². The second-order valence-electron chi connectivity index (χ2n) is 9.86. The van der Waals surface area contributed by atoms with Crippen molar-refractivity contribution < 1.29 is 37.0 Å². The second kappa shape index (κ2) is 12.0. The maximum atomic E-state index is 13.7. The summed E-state index contributed by atoms with van der Waals surface area (Å²) in [7, 11) is 1.48. The average Bonchev–Trinajstić information content (AvgIpc) is 2.99. The summed E-state index contributed by atoms with van der Waals surface area (Å²) in [6.07, 6.45) is -5.43. The number of hydrogen-bond donors (Lipinski definition) is 1. The molecule has 2 aliphatic rings. The van der Waals surface area contributed by atoms with Gasteiger partial charge >= 0.3 is 12.1 Å². The van der Waals surface area contributed by atoms with Crippen LogP contribution in [0, 0.1) is 0 Å². The summed E-state index contributed by atoms with van der Waals surface area (Å²) in [6, 6.07) is 21.8. The van der Waals surface area contributed by atoms with Gasteiger partial charge in [-0.2, -0.15) is 13.2 Å². The molecule has 0 radical (unpaired) electrons. The Morgan fingerprint density at radius 1 is 0.952 bits per heavy atom. The summed E-state index contributed by atoms with van der Waals surface area (Å²) < 4.78 is 50.2. The first kappa shape index (κ1) is 29.4. The van der Waals surface area contributed by atoms with Crippen molar-refractivity contribution in [3.8, 4) is 0 Å². The van der Waals surface area contributed by atoms with Gasteiger partial charge < -0.3 is 14.8 Å². The highest BCUT2D eigenvalue weighted by Gasteiger charge is 2.56. The number of nitrogens with zero attached hydrogens (tertiary/aromatic N) is 1. The largest absolute Gasteiger partial charge is 0.448 e. The summed E-state index contributed by atoms with van der Waals surface area (Å²) in [5.41, 5.74) is 1.04. The van der Waals surface area contributed by atoms with Crippen molar-refractivity contribution in [3.63, 3.8) is 0 Å². The Morgan fingerprint density at radius 2 is 1.52 bits per heavy atom. The average molecular weight is 597 g/mol. The van der Waals surface area contributed by atoms with Crippen LogP contribution in [0.15, 0.2) is 96.2 Å². The first-order valence-electron chi connectivity index (χ1n) is 13.1. The van der Waals surface area contributed by atoms with Crippen LogP contribution in [0.1, 0.15) is 35.3 Å². The minimum atomic E-state index is -4.48. The number of hydrogen-bond acceptors (Lipinski definition) is 6. The van der Waals surface area contributed by atoms with Gasteiger partial charge in [0.15, 0.2) is 6.10 Å². The molecule has 0 unspecified atom stereocenters. The highest BCUT2D eigenvalue weighted by atomic mass is 32.2. The van der Waals surface area contributed by atoms with Crippen LogP contribution in [-0.2, 0) is 36.5 Å². The molecule has 11 heteroatoms. The minimum Gasteiger partial charge on any atom is -0.448 e. The van der Waals surface area contributed by atoms with E-state index >= 15 is 0 Å². The van der Waals surface area contributed by atoms with Crippen molar-refractivity contribution in [3.05, 3.63) is 118 Å². The van der Waals surface area contributed by atoms with Gasteiger partial charge in [-0.3, -0.25) is 14.5 Å². The number of fused-ring (bicyclic) bond motifs is 1. The molecule has 3 aromatic carbocycles. The zero-order valence-corrected chi connectivity index (χ0v) is 23.4. The van der Waals surface area contributed by atoms with Crippen molar-refractivity contribution in [2.45, 2.75) is 42.5 Å². The smallest absolute Gasteiger partial charge is 0.416 e. The topological polar surface area (TPSA) is 84.9 Å². The quantitative estimate of drug-likeness (QED) is 0.283. The van der Waals surface area contributed by atoms with E-state index in [4.69, 9.17) is 9.47 Å². The zero-order valence-electron chi connectivity index (χ0n) is 22.6. The van der Waals surface area contributed by atoms with Crippen molar-refractivity contribution in [1.82, 2.24) is 10.2 Å². The third-order valence-electron chi connectivity index (χ3n) is 7.07. The summed E-state index contributed by atoms with van der Waals surface area (Å²) in [4.78, 5) is 41.1. The number of esters is 1. The number of nitrogens with one attached hydrogen (secondary N) is 1. The molecule has 42 heavy (non-hydrogen) atoms. The summed E-state index contributed by atoms with van der Waals surface area (Å²) in [6.45, 7) is 1.69. The van der Waals surface area contributed by atoms with Gasteiger partial charge in [0.2, 0.25) is 5.91 Å². The van der Waals surface area contributed by atoms with Gasteiger partial charge in [0.05, 0.1) is 12.0 Å². The van der Waals surface area contributed by atoms with E-state index in [9.17, 15) is 27.6 Å². The van der Waals surface area contributed by atoms with Crippen molar-refractivity contribution in [2.24, 2.45) is 0 Å². The number of carbonyl (C=O) groups excluding carboxylic acids is 3. The van der Waals surface area contributed by atoms with Crippen LogP contribution < -0.4 is 5.32 Å². The van der Waals surface area contributed by atoms with Gasteiger partial charge in [-0.1, -0.05) is 84.6 Å². The lowest BCUT2D eigenvalue weighted by Crippen LogP contribution is -2.71. The fourth-order valence-electron chi connectivity index (χ4n) is 4.96. The molecule has 1 saturated heterocycles. The standard InChI is InChI=1S/C31H27F3N2O5S/c1-18-25(29(39)41-26(20-9-5-3-6-10-20)21-11-7-4-8-12-21)36-27(38)24(28(36)42-30(18)40-2)35-23(37)17-19-13-15-22(16-14-19)31(32,33)34/h3-16,24,26,28,30H,17H2,1-2H3,(H,35,37)/t24-,28+,30-/m0/s1. The van der Waals surface area contributed by atoms with E-state index in [0.29, 0.717) is 11.1 Å². The number of benzene rings is 3. The number of carbonyl (C=O) groups is 3. The van der Waals surface area contributed by atoms with Crippen LogP contribution in [0.5, 0.6) is 0 Å². The molecule has 2 amide bonds. The maximum Gasteiger partial charge on any atom is 0.416 e. The Kier molecular flexibility index (Phi) is 8.42. The van der Waals surface area contributed by atoms with E-state index in [0.717, 1.165) is 23.3 Å². The number of amides is 2. The van der Waals surface area contributed by atoms with Gasteiger partial charge in [0, 0.05) is 7.11 Å². The lowest BCUT2D eigenvalue weighted by atomic mass is 10.0. The summed E-state index contributed by atoms with van der Waals surface area (Å²) >= 11 is 1.26. The van der Waals surface area contributed by atoms with E-state index in [1.165, 1.54) is 35.9 Å². The van der Waals surface area contributed by atoms with Crippen molar-refractivity contribution in [1.29, 1.82) is 0 Å². The Hall–Kier alpha value is -4.09. The monoisotopic (exact) mass is 596 g/mol. The molecular formula is C31H27F3N2O5S. The minimum absolute atomic E-state index is 0.0562. The Labute approximate surface area is 244 Å². The molecule has 0 spiro atoms. The van der Waals surface area contributed by atoms with Gasteiger partial charge in [-0.05, 0) is 41.3 Å². The number of alkyl halides is 3. The van der Waals surface area contributed by atoms with Crippen LogP contribution in [0.25, 0.3) is 0 Å². The molecule has 5 rings (SSSR count). The normalized spacial score (nSPS) is 20.2. The molecule has 218 valence electrons. The molecular weight excluding hydrogens is 569 g/mol. The van der Waals surface area contributed by atoms with E-state index in [-0.39, 0.29) is 12.1 Å². The molecule has 0 aromatic heterocycles. The zero-order chi connectivity index (χ0) is 30.0. The van der Waals surface area contributed by atoms with Crippen LogP contribution in [0.2, 0.25) is 0 Å². The molecule has 1 fully saturated rings. The van der Waals surface area contributed by atoms with E-state index in [1.54, 1.807) is 6.92 Å². The van der Waals surface area contributed by atoms with Gasteiger partial charge in [-0.25, -0.2) is 4.79 Å². The third-order valence-corrected chi connectivity index (χ3v) is 8.63. The Bertz CT molecular complexity index is 1460. The van der Waals surface area contributed by atoms with E-state index in [1.807, 2.05) is 60.7 Å². The lowest BCUT2D eigenvalue weighted by molar-refractivity contribution is -0.155. The Balaban J connectivity index is 1.33. The predicted octanol–water partition coefficient (Wildman–Crippen LogP) is 5.23. The molecule has 3 atom stereocenters. The van der Waals surface area contributed by atoms with Crippen LogP contribution >= 0.6 is 11.8 Å². The van der Waals surface area contributed by atoms with E-state index in [2.05, 4.69) is 5.32 Å². The highest BCUT2D eigenvalue weighted by Crippen LogP contribution is 2.45. The number of methoxy groups -OCH3 is 1. The molecule has 0 saturated carbocycles. The number of thioether (sulfide) groups is 1. The van der Waals surface area contributed by atoms with E-state index < -0.39 is 52.5 Å². The molecule has 1 N–H and O–H groups in total. The molecule has 7 nitrogen and oxygen atoms in total. The van der Waals surface area contributed by atoms with Crippen LogP contribution in [0.3, 0.4) is 0 Å². The SMILES string of the molecule is CO[C@H]1S[C@@H]2[C@@H](NC(=O)Cc3ccc(C(F)(F)F)cc3)C(=O)N2C(C(=O)OC(c2ccccc2)c2ccccc2)=C1C. The molecule has 2 heterocycles. The predicted molar refractivity (Wildman–Crippen MR) is 150 cm³/mol. The van der Waals surface area contributed by atoms with Gasteiger partial charge in [-0.15, -0.1) is 0 Å². The first-order valence-corrected chi connectivity index (χ1v) is 14.0. The number of rotatable bonds is 8. The summed E-state index contributed by atoms with van der Waals surface area (Å²) in [5, 5.41) is 2.03. The number of ether oxygens (including phenoxy) is 2. The Morgan fingerprint density at radius 3 is 2.05 bits per heavy atom. The second-order valence-corrected chi connectivity index (χ2v) is 11.0. The van der Waals surface area contributed by atoms with Crippen molar-refractivity contribution >= 4 is 29.5 Å². The van der Waals surface area contributed by atoms with Crippen molar-refractivity contribution in [2.75, 3.05) is 7.11 Å². The van der Waals surface area contributed by atoms with Crippen LogP contribution in [0.4, 0.5) is 13.2 Å². The fraction of sp³-hybridized carbons (Fsp3) is 0.258. The highest BCUT2D eigenvalue weighted by molar-refractivity contribution is 8.00. The maximum absolute atomic E-state index is 13.7. The first-order chi connectivity index (χ1) is 20.1. The number of halogens is 3. The molecule has 0 bridgehead atoms. The molecule has 3 aromatic rings. The molecule has 2 aliphatic heterocycles. The fourth-order valence-corrected chi connectivity index (χ4v) is 6.32. The van der Waals surface area contributed by atoms with Crippen LogP contribution in [-0.4, -0.2) is 46.6 Å². The van der Waals surface area contributed by atoms with Gasteiger partial charge in [0.1, 0.15) is 22.5 Å². The molecule has 0 aliphatic carbocycles.